The summed E-state index contributed by atoms with van der Waals surface area (Å²) in [6.45, 7) is 5.74. The summed E-state index contributed by atoms with van der Waals surface area (Å²) in [6.07, 6.45) is 2.01. The Morgan fingerprint density at radius 2 is 2.08 bits per heavy atom. The highest BCUT2D eigenvalue weighted by atomic mass is 16.4. The molecular formula is C8H16N2O2. The van der Waals surface area contributed by atoms with Gasteiger partial charge in [-0.25, -0.2) is 4.79 Å². The molecule has 4 heteroatoms. The van der Waals surface area contributed by atoms with Gasteiger partial charge in [-0.1, -0.05) is 13.3 Å². The van der Waals surface area contributed by atoms with Crippen LogP contribution in [0.25, 0.3) is 0 Å². The van der Waals surface area contributed by atoms with Gasteiger partial charge in [0.1, 0.15) is 0 Å². The molecule has 0 saturated carbocycles. The fraction of sp³-hybridized carbons (Fsp3) is 0.875. The van der Waals surface area contributed by atoms with Crippen LogP contribution in [0.2, 0.25) is 0 Å². The van der Waals surface area contributed by atoms with Crippen molar-refractivity contribution in [2.45, 2.75) is 39.2 Å². The minimum atomic E-state index is -1.08. The lowest BCUT2D eigenvalue weighted by Crippen LogP contribution is -2.28. The van der Waals surface area contributed by atoms with Crippen molar-refractivity contribution in [3.63, 3.8) is 0 Å². The third-order valence-corrected chi connectivity index (χ3v) is 1.46. The molecule has 0 atom stereocenters. The van der Waals surface area contributed by atoms with Gasteiger partial charge in [0, 0.05) is 0 Å². The van der Waals surface area contributed by atoms with Crippen LogP contribution in [-0.4, -0.2) is 23.2 Å². The Balaban J connectivity index is 3.88. The summed E-state index contributed by atoms with van der Waals surface area (Å²) in [7, 11) is 0. The third-order valence-electron chi connectivity index (χ3n) is 1.46. The molecule has 0 saturated heterocycles. The largest absolute Gasteiger partial charge is 0.479 e. The summed E-state index contributed by atoms with van der Waals surface area (Å²) >= 11 is 0. The zero-order chi connectivity index (χ0) is 9.61. The Labute approximate surface area is 72.7 Å². The molecule has 0 rings (SSSR count). The van der Waals surface area contributed by atoms with Crippen LogP contribution in [0, 0.1) is 0 Å². The summed E-state index contributed by atoms with van der Waals surface area (Å²) < 4.78 is 0. The standard InChI is InChI=1S/C8H16N2O2/c1-4-5-6-9-10-8(2,3)7(11)12/h4-6H2,1-3H3,(H,11,12). The SMILES string of the molecule is CCCCN=NC(C)(C)C(=O)O. The zero-order valence-electron chi connectivity index (χ0n) is 7.87. The van der Waals surface area contributed by atoms with E-state index in [9.17, 15) is 4.79 Å². The maximum absolute atomic E-state index is 10.5. The first kappa shape index (κ1) is 11.1. The Hall–Kier alpha value is -0.930. The van der Waals surface area contributed by atoms with Gasteiger partial charge in [0.2, 0.25) is 0 Å². The predicted octanol–water partition coefficient (Wildman–Crippen LogP) is 2.10. The average Bonchev–Trinajstić information content (AvgIpc) is 1.98. The van der Waals surface area contributed by atoms with Gasteiger partial charge in [-0.05, 0) is 20.3 Å². The van der Waals surface area contributed by atoms with Crippen LogP contribution in [0.3, 0.4) is 0 Å². The number of carbonyl (C=O) groups is 1. The van der Waals surface area contributed by atoms with E-state index in [0.717, 1.165) is 12.8 Å². The minimum absolute atomic E-state index is 0.618. The van der Waals surface area contributed by atoms with E-state index >= 15 is 0 Å². The van der Waals surface area contributed by atoms with Gasteiger partial charge < -0.3 is 5.11 Å². The van der Waals surface area contributed by atoms with Crippen molar-refractivity contribution in [3.8, 4) is 0 Å². The van der Waals surface area contributed by atoms with Crippen LogP contribution in [0.5, 0.6) is 0 Å². The summed E-state index contributed by atoms with van der Waals surface area (Å²) in [5.41, 5.74) is -1.08. The van der Waals surface area contributed by atoms with Crippen LogP contribution in [0.15, 0.2) is 10.2 Å². The molecule has 70 valence electrons. The van der Waals surface area contributed by atoms with Gasteiger partial charge in [-0.15, -0.1) is 0 Å². The summed E-state index contributed by atoms with van der Waals surface area (Å²) in [6, 6.07) is 0. The molecule has 0 aromatic rings. The van der Waals surface area contributed by atoms with Crippen molar-refractivity contribution in [1.29, 1.82) is 0 Å². The van der Waals surface area contributed by atoms with Gasteiger partial charge >= 0.3 is 5.97 Å². The molecule has 0 bridgehead atoms. The lowest BCUT2D eigenvalue weighted by Gasteiger charge is -2.10. The fourth-order valence-electron chi connectivity index (χ4n) is 0.498. The number of hydrogen-bond donors (Lipinski definition) is 1. The van der Waals surface area contributed by atoms with Gasteiger partial charge in [0.25, 0.3) is 0 Å². The molecule has 0 spiro atoms. The molecule has 4 nitrogen and oxygen atoms in total. The van der Waals surface area contributed by atoms with E-state index in [4.69, 9.17) is 5.11 Å². The normalized spacial score (nSPS) is 12.2. The highest BCUT2D eigenvalue weighted by Gasteiger charge is 2.26. The zero-order valence-corrected chi connectivity index (χ0v) is 7.87. The van der Waals surface area contributed by atoms with E-state index in [1.165, 1.54) is 13.8 Å². The topological polar surface area (TPSA) is 62.0 Å². The van der Waals surface area contributed by atoms with Crippen LogP contribution >= 0.6 is 0 Å². The van der Waals surface area contributed by atoms with Crippen LogP contribution in [0.1, 0.15) is 33.6 Å². The molecule has 0 aliphatic heterocycles. The monoisotopic (exact) mass is 172 g/mol. The first-order chi connectivity index (χ1) is 5.50. The van der Waals surface area contributed by atoms with Crippen molar-refractivity contribution >= 4 is 5.97 Å². The highest BCUT2D eigenvalue weighted by molar-refractivity contribution is 5.77. The van der Waals surface area contributed by atoms with Crippen LogP contribution in [0.4, 0.5) is 0 Å². The number of carboxylic acids is 1. The highest BCUT2D eigenvalue weighted by Crippen LogP contribution is 2.09. The Kier molecular flexibility index (Phi) is 4.47. The van der Waals surface area contributed by atoms with E-state index in [-0.39, 0.29) is 0 Å². The second-order valence-electron chi connectivity index (χ2n) is 3.18. The first-order valence-electron chi connectivity index (χ1n) is 4.12. The van der Waals surface area contributed by atoms with E-state index in [0.29, 0.717) is 6.54 Å². The van der Waals surface area contributed by atoms with Gasteiger partial charge in [-0.2, -0.15) is 10.2 Å². The van der Waals surface area contributed by atoms with Crippen LogP contribution < -0.4 is 0 Å². The van der Waals surface area contributed by atoms with Crippen molar-refractivity contribution in [2.75, 3.05) is 6.54 Å². The van der Waals surface area contributed by atoms with E-state index in [2.05, 4.69) is 17.2 Å². The minimum Gasteiger partial charge on any atom is -0.479 e. The molecule has 0 amide bonds. The van der Waals surface area contributed by atoms with E-state index in [1.54, 1.807) is 0 Å². The molecule has 0 aromatic heterocycles. The molecule has 0 unspecified atom stereocenters. The number of rotatable bonds is 5. The summed E-state index contributed by atoms with van der Waals surface area (Å²) in [4.78, 5) is 10.5. The number of nitrogens with zero attached hydrogens (tertiary/aromatic N) is 2. The maximum atomic E-state index is 10.5. The quantitative estimate of drug-likeness (QED) is 0.510. The number of aliphatic carboxylic acids is 1. The molecule has 0 fully saturated rings. The lowest BCUT2D eigenvalue weighted by atomic mass is 10.1. The second kappa shape index (κ2) is 4.85. The molecular weight excluding hydrogens is 156 g/mol. The van der Waals surface area contributed by atoms with E-state index in [1.807, 2.05) is 0 Å². The van der Waals surface area contributed by atoms with Crippen molar-refractivity contribution in [1.82, 2.24) is 0 Å². The smallest absolute Gasteiger partial charge is 0.332 e. The van der Waals surface area contributed by atoms with Gasteiger partial charge in [0.05, 0.1) is 6.54 Å². The predicted molar refractivity (Wildman–Crippen MR) is 46.3 cm³/mol. The number of unbranched alkanes of at least 4 members (excludes halogenated alkanes) is 1. The van der Waals surface area contributed by atoms with Crippen LogP contribution in [-0.2, 0) is 4.79 Å². The fourth-order valence-corrected chi connectivity index (χ4v) is 0.498. The number of carboxylic acid groups (broad SMARTS) is 1. The molecule has 0 heterocycles. The molecule has 0 aliphatic rings. The molecule has 1 N–H and O–H groups in total. The second-order valence-corrected chi connectivity index (χ2v) is 3.18. The lowest BCUT2D eigenvalue weighted by molar-refractivity contribution is -0.142. The Bertz CT molecular complexity index is 176. The molecule has 0 radical (unpaired) electrons. The summed E-state index contributed by atoms with van der Waals surface area (Å²) in [5.74, 6) is -0.942. The summed E-state index contributed by atoms with van der Waals surface area (Å²) in [5, 5.41) is 16.2. The van der Waals surface area contributed by atoms with E-state index < -0.39 is 11.5 Å². The Morgan fingerprint density at radius 1 is 1.50 bits per heavy atom. The third kappa shape index (κ3) is 4.05. The first-order valence-corrected chi connectivity index (χ1v) is 4.12. The number of hydrogen-bond acceptors (Lipinski definition) is 3. The van der Waals surface area contributed by atoms with Crippen molar-refractivity contribution < 1.29 is 9.90 Å². The van der Waals surface area contributed by atoms with Gasteiger partial charge in [0.15, 0.2) is 5.54 Å². The molecule has 0 aliphatic carbocycles. The molecule has 12 heavy (non-hydrogen) atoms. The van der Waals surface area contributed by atoms with Gasteiger partial charge in [-0.3, -0.25) is 0 Å². The maximum Gasteiger partial charge on any atom is 0.332 e. The number of azo groups is 1. The van der Waals surface area contributed by atoms with Crippen molar-refractivity contribution in [3.05, 3.63) is 0 Å². The van der Waals surface area contributed by atoms with Crippen molar-refractivity contribution in [2.24, 2.45) is 10.2 Å². The molecule has 0 aromatic carbocycles. The Morgan fingerprint density at radius 3 is 2.50 bits per heavy atom. The average molecular weight is 172 g/mol.